The van der Waals surface area contributed by atoms with Crippen molar-refractivity contribution in [3.8, 4) is 5.75 Å². The highest BCUT2D eigenvalue weighted by Crippen LogP contribution is 2.32. The van der Waals surface area contributed by atoms with Crippen molar-refractivity contribution >= 4 is 28.9 Å². The van der Waals surface area contributed by atoms with Gasteiger partial charge in [0.15, 0.2) is 0 Å². The summed E-state index contributed by atoms with van der Waals surface area (Å²) in [7, 11) is 0. The highest BCUT2D eigenvalue weighted by molar-refractivity contribution is 7.99. The number of aliphatic carboxylic acids is 1. The van der Waals surface area contributed by atoms with Crippen molar-refractivity contribution in [2.45, 2.75) is 49.1 Å². The summed E-state index contributed by atoms with van der Waals surface area (Å²) in [5.74, 6) is -0.827. The summed E-state index contributed by atoms with van der Waals surface area (Å²) in [6.07, 6.45) is 0.279. The van der Waals surface area contributed by atoms with E-state index in [0.29, 0.717) is 23.8 Å². The van der Waals surface area contributed by atoms with Gasteiger partial charge in [0.1, 0.15) is 16.9 Å². The molecule has 11 nitrogen and oxygen atoms in total. The Labute approximate surface area is 230 Å². The zero-order valence-electron chi connectivity index (χ0n) is 21.3. The highest BCUT2D eigenvalue weighted by atomic mass is 32.2. The van der Waals surface area contributed by atoms with Crippen LogP contribution in [0.1, 0.15) is 24.6 Å². The van der Waals surface area contributed by atoms with Crippen LogP contribution in [0.15, 0.2) is 45.1 Å². The maximum Gasteiger partial charge on any atom is 0.490 e. The van der Waals surface area contributed by atoms with Crippen molar-refractivity contribution in [1.82, 2.24) is 29.3 Å². The van der Waals surface area contributed by atoms with Gasteiger partial charge < -0.3 is 20.1 Å². The highest BCUT2D eigenvalue weighted by Gasteiger charge is 2.38. The predicted octanol–water partition coefficient (Wildman–Crippen LogP) is 1.88. The molecular formula is C25H27F3N6O5S. The number of carbonyl (C=O) groups is 1. The Morgan fingerprint density at radius 1 is 1.15 bits per heavy atom. The number of hydrogen-bond acceptors (Lipinski definition) is 9. The third kappa shape index (κ3) is 6.15. The minimum absolute atomic E-state index is 0.0415. The fourth-order valence-electron chi connectivity index (χ4n) is 5.12. The van der Waals surface area contributed by atoms with E-state index in [2.05, 4.69) is 26.3 Å². The molecule has 3 aromatic heterocycles. The van der Waals surface area contributed by atoms with Crippen molar-refractivity contribution in [2.24, 2.45) is 0 Å². The van der Waals surface area contributed by atoms with E-state index in [1.165, 1.54) is 12.3 Å². The molecule has 214 valence electrons. The van der Waals surface area contributed by atoms with Gasteiger partial charge in [0.05, 0.1) is 29.4 Å². The molecule has 0 aliphatic carbocycles. The molecular weight excluding hydrogens is 553 g/mol. The molecule has 1 fully saturated rings. The third-order valence-corrected chi connectivity index (χ3v) is 8.02. The van der Waals surface area contributed by atoms with Crippen molar-refractivity contribution in [3.63, 3.8) is 0 Å². The number of alkyl halides is 3. The van der Waals surface area contributed by atoms with Crippen LogP contribution in [0.4, 0.5) is 13.2 Å². The Morgan fingerprint density at radius 2 is 1.90 bits per heavy atom. The van der Waals surface area contributed by atoms with Gasteiger partial charge in [0.25, 0.3) is 11.1 Å². The number of halogens is 3. The number of piperidine rings is 1. The summed E-state index contributed by atoms with van der Waals surface area (Å²) in [6.45, 7) is 4.69. The predicted molar refractivity (Wildman–Crippen MR) is 140 cm³/mol. The van der Waals surface area contributed by atoms with Crippen molar-refractivity contribution in [1.29, 1.82) is 0 Å². The Balaban J connectivity index is 0.000000411. The van der Waals surface area contributed by atoms with Crippen LogP contribution in [0, 0.1) is 0 Å². The second-order valence-corrected chi connectivity index (χ2v) is 10.8. The van der Waals surface area contributed by atoms with Gasteiger partial charge >= 0.3 is 12.1 Å². The number of carboxylic acids is 1. The summed E-state index contributed by atoms with van der Waals surface area (Å²) >= 11 is 1.80. The Hall–Kier alpha value is -3.43. The first-order chi connectivity index (χ1) is 19.1. The van der Waals surface area contributed by atoms with Gasteiger partial charge in [-0.1, -0.05) is 0 Å². The summed E-state index contributed by atoms with van der Waals surface area (Å²) in [5, 5.41) is 10.8. The average molecular weight is 581 g/mol. The smallest absolute Gasteiger partial charge is 0.490 e. The maximum absolute atomic E-state index is 12.6. The lowest BCUT2D eigenvalue weighted by molar-refractivity contribution is -0.192. The lowest BCUT2D eigenvalue weighted by Gasteiger charge is -2.34. The fourth-order valence-corrected chi connectivity index (χ4v) is 5.89. The van der Waals surface area contributed by atoms with Gasteiger partial charge in [-0.2, -0.15) is 13.2 Å². The fraction of sp³-hybridized carbons (Fsp3) is 0.480. The number of ether oxygens (including phenoxy) is 1. The molecule has 0 radical (unpaired) electrons. The molecule has 3 aliphatic rings. The lowest BCUT2D eigenvalue weighted by Crippen LogP contribution is -2.44. The molecule has 1 atom stereocenters. The third-order valence-electron chi connectivity index (χ3n) is 7.03. The van der Waals surface area contributed by atoms with Crippen LogP contribution in [0.25, 0.3) is 11.2 Å². The number of carboxylic acid groups (broad SMARTS) is 1. The molecule has 0 spiro atoms. The number of pyridine rings is 2. The molecule has 15 heteroatoms. The van der Waals surface area contributed by atoms with Crippen molar-refractivity contribution < 1.29 is 27.8 Å². The van der Waals surface area contributed by atoms with E-state index in [4.69, 9.17) is 14.6 Å². The standard InChI is InChI=1S/C23H26N6O3S.C2HF3O2/c30-21-2-1-18-23-28(21)14-17(29(23)22(31)12-26-18)13-27-5-3-15(4-6-27)24-10-16-9-19-20(11-25-16)33-8-7-32-19;3-2(4,5)1(6)7/h1-2,9,11-12,15,17,24H,3-8,10,13-14H2;(H,6,7)/t17-;/m1./s1. The Bertz CT molecular complexity index is 1510. The van der Waals surface area contributed by atoms with Gasteiger partial charge in [-0.15, -0.1) is 11.8 Å². The molecule has 1 saturated heterocycles. The van der Waals surface area contributed by atoms with Crippen molar-refractivity contribution in [2.75, 3.05) is 32.0 Å². The number of fused-ring (bicyclic) bond motifs is 1. The Kier molecular flexibility index (Phi) is 8.14. The normalized spacial score (nSPS) is 19.0. The molecule has 0 aromatic carbocycles. The van der Waals surface area contributed by atoms with E-state index in [0.717, 1.165) is 67.7 Å². The van der Waals surface area contributed by atoms with Crippen LogP contribution in [-0.4, -0.2) is 79.3 Å². The van der Waals surface area contributed by atoms with E-state index >= 15 is 0 Å². The van der Waals surface area contributed by atoms with E-state index < -0.39 is 12.1 Å². The van der Waals surface area contributed by atoms with Crippen LogP contribution in [0.3, 0.4) is 0 Å². The number of rotatable bonds is 5. The quantitative estimate of drug-likeness (QED) is 0.461. The molecule has 0 amide bonds. The Morgan fingerprint density at radius 3 is 2.62 bits per heavy atom. The first-order valence-corrected chi connectivity index (χ1v) is 13.7. The zero-order valence-corrected chi connectivity index (χ0v) is 22.1. The largest absolute Gasteiger partial charge is 0.491 e. The first kappa shape index (κ1) is 28.1. The second kappa shape index (κ2) is 11.6. The molecule has 3 aliphatic heterocycles. The minimum atomic E-state index is -5.08. The number of nitrogens with one attached hydrogen (secondary N) is 1. The molecule has 0 saturated carbocycles. The van der Waals surface area contributed by atoms with Crippen LogP contribution in [0.5, 0.6) is 5.75 Å². The number of hydrogen-bond donors (Lipinski definition) is 2. The SMILES string of the molecule is O=C(O)C(F)(F)F.O=c1ccc2ncc(=O)n3c2n1C[C@H]3CN1CCC(NCc2cc3c(cn2)SCCO3)CC1. The van der Waals surface area contributed by atoms with Crippen LogP contribution < -0.4 is 21.2 Å². The summed E-state index contributed by atoms with van der Waals surface area (Å²) < 4.78 is 40.9. The van der Waals surface area contributed by atoms with Gasteiger partial charge in [0.2, 0.25) is 0 Å². The zero-order chi connectivity index (χ0) is 28.4. The molecule has 6 heterocycles. The molecule has 0 bridgehead atoms. The van der Waals surface area contributed by atoms with Gasteiger partial charge in [-0.05, 0) is 32.0 Å². The van der Waals surface area contributed by atoms with Gasteiger partial charge in [-0.25, -0.2) is 9.78 Å². The first-order valence-electron chi connectivity index (χ1n) is 12.7. The van der Waals surface area contributed by atoms with E-state index in [1.54, 1.807) is 27.0 Å². The van der Waals surface area contributed by atoms with E-state index in [9.17, 15) is 22.8 Å². The lowest BCUT2D eigenvalue weighted by atomic mass is 10.0. The average Bonchev–Trinajstić information content (AvgIpc) is 3.32. The number of likely N-dealkylation sites (tertiary alicyclic amines) is 1. The summed E-state index contributed by atoms with van der Waals surface area (Å²) in [6, 6.07) is 5.68. The van der Waals surface area contributed by atoms with Crippen LogP contribution in [-0.2, 0) is 17.9 Å². The molecule has 6 rings (SSSR count). The number of nitrogens with zero attached hydrogens (tertiary/aromatic N) is 5. The number of thioether (sulfide) groups is 1. The van der Waals surface area contributed by atoms with Gasteiger partial charge in [0, 0.05) is 49.8 Å². The summed E-state index contributed by atoms with van der Waals surface area (Å²) in [5.41, 5.74) is 2.14. The molecule has 3 aromatic rings. The van der Waals surface area contributed by atoms with Crippen molar-refractivity contribution in [3.05, 3.63) is 57.0 Å². The molecule has 2 N–H and O–H groups in total. The van der Waals surface area contributed by atoms with Crippen LogP contribution in [0.2, 0.25) is 0 Å². The van der Waals surface area contributed by atoms with E-state index in [1.807, 2.05) is 6.20 Å². The van der Waals surface area contributed by atoms with Crippen LogP contribution >= 0.6 is 11.8 Å². The maximum atomic E-state index is 12.6. The monoisotopic (exact) mass is 580 g/mol. The van der Waals surface area contributed by atoms with E-state index in [-0.39, 0.29) is 17.2 Å². The molecule has 40 heavy (non-hydrogen) atoms. The topological polar surface area (TPSA) is 132 Å². The minimum Gasteiger partial charge on any atom is -0.491 e. The number of aromatic nitrogens is 4. The van der Waals surface area contributed by atoms with Gasteiger partial charge in [-0.3, -0.25) is 23.7 Å². The second-order valence-electron chi connectivity index (χ2n) is 9.69. The summed E-state index contributed by atoms with van der Waals surface area (Å²) in [4.78, 5) is 46.1. The molecule has 0 unspecified atom stereocenters.